The monoisotopic (exact) mass is 316 g/mol. The average Bonchev–Trinajstić information content (AvgIpc) is 2.80. The van der Waals surface area contributed by atoms with Crippen LogP contribution in [0.1, 0.15) is 11.8 Å². The van der Waals surface area contributed by atoms with Gasteiger partial charge in [0.2, 0.25) is 0 Å². The zero-order chi connectivity index (χ0) is 16.3. The van der Waals surface area contributed by atoms with Crippen molar-refractivity contribution >= 4 is 0 Å². The standard InChI is InChI=1S/C13H20N2O7/c1-7-5-15(13(19)14-11(7)18)12-10(21-4-3-20-2)9(17)8(6-16)22-12/h5,8-10,12,16-17H,3-4,6H2,1-2H3,(H,14,18,19)/t8-,9?,10+,12-/m1/s1. The molecule has 1 aromatic rings. The molecule has 1 aliphatic heterocycles. The third-order valence-electron chi connectivity index (χ3n) is 3.51. The first-order chi connectivity index (χ1) is 10.5. The number of hydrogen-bond acceptors (Lipinski definition) is 7. The van der Waals surface area contributed by atoms with Crippen molar-refractivity contribution in [3.05, 3.63) is 32.6 Å². The highest BCUT2D eigenvalue weighted by molar-refractivity contribution is 5.03. The van der Waals surface area contributed by atoms with Crippen LogP contribution in [0.25, 0.3) is 0 Å². The molecule has 4 atom stereocenters. The van der Waals surface area contributed by atoms with Crippen LogP contribution >= 0.6 is 0 Å². The summed E-state index contributed by atoms with van der Waals surface area (Å²) < 4.78 is 17.0. The number of rotatable bonds is 6. The van der Waals surface area contributed by atoms with E-state index in [0.29, 0.717) is 12.2 Å². The molecule has 0 aliphatic carbocycles. The Kier molecular flexibility index (Phi) is 5.48. The molecule has 0 saturated carbocycles. The van der Waals surface area contributed by atoms with E-state index in [-0.39, 0.29) is 6.61 Å². The van der Waals surface area contributed by atoms with E-state index in [1.54, 1.807) is 6.92 Å². The molecule has 9 heteroatoms. The third kappa shape index (κ3) is 3.28. The van der Waals surface area contributed by atoms with Crippen LogP contribution in [-0.4, -0.2) is 65.0 Å². The number of nitrogens with one attached hydrogen (secondary N) is 1. The molecule has 1 aliphatic rings. The summed E-state index contributed by atoms with van der Waals surface area (Å²) in [4.78, 5) is 25.6. The Morgan fingerprint density at radius 2 is 2.14 bits per heavy atom. The lowest BCUT2D eigenvalue weighted by atomic mass is 10.1. The summed E-state index contributed by atoms with van der Waals surface area (Å²) in [5.41, 5.74) is -0.845. The van der Waals surface area contributed by atoms with E-state index in [0.717, 1.165) is 4.57 Å². The van der Waals surface area contributed by atoms with Gasteiger partial charge in [-0.05, 0) is 6.92 Å². The molecule has 0 bridgehead atoms. The molecule has 3 N–H and O–H groups in total. The highest BCUT2D eigenvalue weighted by atomic mass is 16.6. The molecule has 0 spiro atoms. The van der Waals surface area contributed by atoms with Gasteiger partial charge in [0, 0.05) is 18.9 Å². The predicted molar refractivity (Wildman–Crippen MR) is 74.7 cm³/mol. The van der Waals surface area contributed by atoms with Gasteiger partial charge in [-0.15, -0.1) is 0 Å². The molecule has 1 unspecified atom stereocenters. The Morgan fingerprint density at radius 3 is 2.77 bits per heavy atom. The second-order valence-electron chi connectivity index (χ2n) is 5.05. The minimum Gasteiger partial charge on any atom is -0.394 e. The van der Waals surface area contributed by atoms with Gasteiger partial charge in [-0.2, -0.15) is 0 Å². The van der Waals surface area contributed by atoms with E-state index in [4.69, 9.17) is 14.2 Å². The largest absolute Gasteiger partial charge is 0.394 e. The number of aliphatic hydroxyl groups is 2. The minimum atomic E-state index is -1.11. The molecule has 1 aromatic heterocycles. The van der Waals surface area contributed by atoms with Crippen LogP contribution in [0.2, 0.25) is 0 Å². The van der Waals surface area contributed by atoms with Crippen molar-refractivity contribution in [2.45, 2.75) is 31.5 Å². The van der Waals surface area contributed by atoms with Gasteiger partial charge < -0.3 is 24.4 Å². The van der Waals surface area contributed by atoms with Crippen molar-refractivity contribution in [1.82, 2.24) is 9.55 Å². The molecule has 1 saturated heterocycles. The van der Waals surface area contributed by atoms with Crippen molar-refractivity contribution in [1.29, 1.82) is 0 Å². The zero-order valence-corrected chi connectivity index (χ0v) is 12.4. The first kappa shape index (κ1) is 16.8. The Morgan fingerprint density at radius 1 is 1.41 bits per heavy atom. The summed E-state index contributed by atoms with van der Waals surface area (Å²) in [6.07, 6.45) is -2.46. The number of H-pyrrole nitrogens is 1. The number of hydrogen-bond donors (Lipinski definition) is 3. The Balaban J connectivity index is 2.31. The fourth-order valence-corrected chi connectivity index (χ4v) is 2.32. The van der Waals surface area contributed by atoms with E-state index in [2.05, 4.69) is 4.98 Å². The number of aryl methyl sites for hydroxylation is 1. The number of ether oxygens (including phenoxy) is 3. The van der Waals surface area contributed by atoms with Crippen molar-refractivity contribution in [2.24, 2.45) is 0 Å². The van der Waals surface area contributed by atoms with Gasteiger partial charge in [0.25, 0.3) is 5.56 Å². The maximum Gasteiger partial charge on any atom is 0.330 e. The Hall–Kier alpha value is -1.52. The van der Waals surface area contributed by atoms with Crippen molar-refractivity contribution < 1.29 is 24.4 Å². The number of methoxy groups -OCH3 is 1. The zero-order valence-electron chi connectivity index (χ0n) is 12.4. The molecule has 0 radical (unpaired) electrons. The smallest absolute Gasteiger partial charge is 0.330 e. The Bertz CT molecular complexity index is 611. The first-order valence-electron chi connectivity index (χ1n) is 6.86. The molecular formula is C13H20N2O7. The fraction of sp³-hybridized carbons (Fsp3) is 0.692. The predicted octanol–water partition coefficient (Wildman–Crippen LogP) is -1.87. The van der Waals surface area contributed by atoms with Crippen molar-refractivity contribution in [3.8, 4) is 0 Å². The molecule has 124 valence electrons. The van der Waals surface area contributed by atoms with Gasteiger partial charge in [-0.25, -0.2) is 4.79 Å². The van der Waals surface area contributed by atoms with Crippen LogP contribution in [0.15, 0.2) is 15.8 Å². The Labute approximate surface area is 126 Å². The van der Waals surface area contributed by atoms with Gasteiger partial charge in [-0.3, -0.25) is 14.3 Å². The van der Waals surface area contributed by atoms with E-state index < -0.39 is 42.4 Å². The molecule has 0 aromatic carbocycles. The summed E-state index contributed by atoms with van der Waals surface area (Å²) >= 11 is 0. The first-order valence-corrected chi connectivity index (χ1v) is 6.86. The van der Waals surface area contributed by atoms with Gasteiger partial charge in [0.1, 0.15) is 18.3 Å². The van der Waals surface area contributed by atoms with Crippen LogP contribution < -0.4 is 11.2 Å². The molecule has 0 amide bonds. The van der Waals surface area contributed by atoms with Crippen LogP contribution in [0.5, 0.6) is 0 Å². The lowest BCUT2D eigenvalue weighted by molar-refractivity contribution is -0.0820. The maximum absolute atomic E-state index is 12.0. The topological polar surface area (TPSA) is 123 Å². The fourth-order valence-electron chi connectivity index (χ4n) is 2.32. The number of aliphatic hydroxyl groups excluding tert-OH is 2. The normalized spacial score (nSPS) is 28.2. The molecule has 22 heavy (non-hydrogen) atoms. The average molecular weight is 316 g/mol. The summed E-state index contributed by atoms with van der Waals surface area (Å²) in [7, 11) is 1.51. The van der Waals surface area contributed by atoms with Crippen LogP contribution in [0.3, 0.4) is 0 Å². The third-order valence-corrected chi connectivity index (χ3v) is 3.51. The quantitative estimate of drug-likeness (QED) is 0.525. The van der Waals surface area contributed by atoms with E-state index >= 15 is 0 Å². The molecule has 2 rings (SSSR count). The van der Waals surface area contributed by atoms with Gasteiger partial charge >= 0.3 is 5.69 Å². The summed E-state index contributed by atoms with van der Waals surface area (Å²) in [5.74, 6) is 0. The summed E-state index contributed by atoms with van der Waals surface area (Å²) in [6, 6.07) is 0. The molecule has 1 fully saturated rings. The van der Waals surface area contributed by atoms with E-state index in [9.17, 15) is 19.8 Å². The van der Waals surface area contributed by atoms with Crippen molar-refractivity contribution in [2.75, 3.05) is 26.9 Å². The number of nitrogens with zero attached hydrogens (tertiary/aromatic N) is 1. The molecule has 9 nitrogen and oxygen atoms in total. The second kappa shape index (κ2) is 7.16. The molecular weight excluding hydrogens is 296 g/mol. The van der Waals surface area contributed by atoms with Crippen molar-refractivity contribution in [3.63, 3.8) is 0 Å². The van der Waals surface area contributed by atoms with Gasteiger partial charge in [0.05, 0.1) is 19.8 Å². The maximum atomic E-state index is 12.0. The SMILES string of the molecule is COCCO[C@H]1C(O)[C@@H](CO)O[C@H]1n1cc(C)c(=O)[nH]c1=O. The van der Waals surface area contributed by atoms with E-state index in [1.165, 1.54) is 13.3 Å². The highest BCUT2D eigenvalue weighted by Gasteiger charge is 2.45. The van der Waals surface area contributed by atoms with E-state index in [1.807, 2.05) is 0 Å². The summed E-state index contributed by atoms with van der Waals surface area (Å²) in [6.45, 7) is 1.62. The lowest BCUT2D eigenvalue weighted by Gasteiger charge is -2.22. The second-order valence-corrected chi connectivity index (χ2v) is 5.05. The molecule has 2 heterocycles. The number of aromatic nitrogens is 2. The van der Waals surface area contributed by atoms with Gasteiger partial charge in [0.15, 0.2) is 6.23 Å². The minimum absolute atomic E-state index is 0.188. The lowest BCUT2D eigenvalue weighted by Crippen LogP contribution is -2.40. The van der Waals surface area contributed by atoms with Crippen LogP contribution in [-0.2, 0) is 14.2 Å². The van der Waals surface area contributed by atoms with Gasteiger partial charge in [-0.1, -0.05) is 0 Å². The number of aromatic amines is 1. The highest BCUT2D eigenvalue weighted by Crippen LogP contribution is 2.30. The summed E-state index contributed by atoms with van der Waals surface area (Å²) in [5, 5.41) is 19.4. The van der Waals surface area contributed by atoms with Crippen LogP contribution in [0, 0.1) is 6.92 Å². The van der Waals surface area contributed by atoms with Crippen LogP contribution in [0.4, 0.5) is 0 Å².